The molecule has 1 aliphatic rings. The van der Waals surface area contributed by atoms with Crippen molar-refractivity contribution in [3.05, 3.63) is 47.8 Å². The van der Waals surface area contributed by atoms with E-state index in [1.165, 1.54) is 0 Å². The van der Waals surface area contributed by atoms with Crippen LogP contribution in [0.2, 0.25) is 0 Å². The lowest BCUT2D eigenvalue weighted by Crippen LogP contribution is -2.37. The fourth-order valence-corrected chi connectivity index (χ4v) is 2.42. The summed E-state index contributed by atoms with van der Waals surface area (Å²) in [6.45, 7) is 0.508. The largest absolute Gasteiger partial charge is 0.388 e. The SMILES string of the molecule is Cn1ccc(C(=O)N2CCC(O)c3ccccc32)n1. The Morgan fingerprint density at radius 1 is 1.37 bits per heavy atom. The predicted octanol–water partition coefficient (Wildman–Crippen LogP) is 1.50. The van der Waals surface area contributed by atoms with Crippen molar-refractivity contribution in [1.29, 1.82) is 0 Å². The average Bonchev–Trinajstić information content (AvgIpc) is 2.86. The number of hydrogen-bond acceptors (Lipinski definition) is 3. The van der Waals surface area contributed by atoms with Gasteiger partial charge in [-0.25, -0.2) is 0 Å². The number of carbonyl (C=O) groups is 1. The van der Waals surface area contributed by atoms with Crippen LogP contribution in [-0.4, -0.2) is 27.3 Å². The minimum atomic E-state index is -0.496. The maximum absolute atomic E-state index is 12.5. The van der Waals surface area contributed by atoms with Gasteiger partial charge in [0.2, 0.25) is 0 Å². The number of rotatable bonds is 1. The lowest BCUT2D eigenvalue weighted by atomic mass is 9.98. The molecule has 0 aliphatic carbocycles. The number of aliphatic hydroxyl groups is 1. The zero-order valence-corrected chi connectivity index (χ0v) is 10.7. The first-order valence-electron chi connectivity index (χ1n) is 6.25. The summed E-state index contributed by atoms with van der Waals surface area (Å²) < 4.78 is 1.61. The van der Waals surface area contributed by atoms with Gasteiger partial charge in [-0.05, 0) is 18.6 Å². The zero-order valence-electron chi connectivity index (χ0n) is 10.7. The number of fused-ring (bicyclic) bond motifs is 1. The van der Waals surface area contributed by atoms with E-state index >= 15 is 0 Å². The molecule has 1 aromatic heterocycles. The Bertz CT molecular complexity index is 621. The molecule has 1 N–H and O–H groups in total. The van der Waals surface area contributed by atoms with Gasteiger partial charge in [0.1, 0.15) is 0 Å². The molecule has 1 unspecified atom stereocenters. The minimum Gasteiger partial charge on any atom is -0.388 e. The number of aromatic nitrogens is 2. The van der Waals surface area contributed by atoms with Crippen molar-refractivity contribution in [3.63, 3.8) is 0 Å². The smallest absolute Gasteiger partial charge is 0.278 e. The number of para-hydroxylation sites is 1. The Kier molecular flexibility index (Phi) is 2.83. The van der Waals surface area contributed by atoms with E-state index in [1.54, 1.807) is 28.9 Å². The van der Waals surface area contributed by atoms with E-state index in [0.29, 0.717) is 18.7 Å². The molecule has 2 heterocycles. The molecule has 3 rings (SSSR count). The standard InChI is InChI=1S/C14H15N3O2/c1-16-8-6-11(15-16)14(19)17-9-7-13(18)10-4-2-3-5-12(10)17/h2-6,8,13,18H,7,9H2,1H3. The second-order valence-electron chi connectivity index (χ2n) is 4.69. The predicted molar refractivity (Wildman–Crippen MR) is 70.9 cm³/mol. The molecule has 0 saturated heterocycles. The monoisotopic (exact) mass is 257 g/mol. The van der Waals surface area contributed by atoms with E-state index in [2.05, 4.69) is 5.10 Å². The summed E-state index contributed by atoms with van der Waals surface area (Å²) >= 11 is 0. The Hall–Kier alpha value is -2.14. The summed E-state index contributed by atoms with van der Waals surface area (Å²) in [4.78, 5) is 14.1. The fraction of sp³-hybridized carbons (Fsp3) is 0.286. The first-order valence-corrected chi connectivity index (χ1v) is 6.25. The second kappa shape index (κ2) is 4.51. The molecule has 2 aromatic rings. The molecule has 19 heavy (non-hydrogen) atoms. The highest BCUT2D eigenvalue weighted by Crippen LogP contribution is 2.33. The van der Waals surface area contributed by atoms with Gasteiger partial charge in [0.05, 0.1) is 6.10 Å². The van der Waals surface area contributed by atoms with E-state index in [1.807, 2.05) is 24.3 Å². The van der Waals surface area contributed by atoms with Crippen LogP contribution in [0.15, 0.2) is 36.5 Å². The molecule has 1 aromatic carbocycles. The normalized spacial score (nSPS) is 18.2. The van der Waals surface area contributed by atoms with Crippen LogP contribution in [0.5, 0.6) is 0 Å². The van der Waals surface area contributed by atoms with Crippen LogP contribution < -0.4 is 4.90 Å². The van der Waals surface area contributed by atoms with Gasteiger partial charge in [0, 0.05) is 31.0 Å². The van der Waals surface area contributed by atoms with Crippen molar-refractivity contribution in [3.8, 4) is 0 Å². The van der Waals surface area contributed by atoms with Gasteiger partial charge in [-0.2, -0.15) is 5.10 Å². The quantitative estimate of drug-likeness (QED) is 0.842. The molecule has 1 amide bonds. The Morgan fingerprint density at radius 2 is 2.16 bits per heavy atom. The number of aryl methyl sites for hydroxylation is 1. The lowest BCUT2D eigenvalue weighted by Gasteiger charge is -2.31. The fourth-order valence-electron chi connectivity index (χ4n) is 2.42. The van der Waals surface area contributed by atoms with Gasteiger partial charge in [-0.15, -0.1) is 0 Å². The second-order valence-corrected chi connectivity index (χ2v) is 4.69. The van der Waals surface area contributed by atoms with Crippen LogP contribution in [0.3, 0.4) is 0 Å². The maximum atomic E-state index is 12.5. The van der Waals surface area contributed by atoms with Gasteiger partial charge in [0.15, 0.2) is 5.69 Å². The molecule has 0 fully saturated rings. The Labute approximate surface area is 111 Å². The third kappa shape index (κ3) is 2.02. The first kappa shape index (κ1) is 11.9. The molecular weight excluding hydrogens is 242 g/mol. The van der Waals surface area contributed by atoms with Gasteiger partial charge >= 0.3 is 0 Å². The minimum absolute atomic E-state index is 0.125. The molecule has 0 saturated carbocycles. The average molecular weight is 257 g/mol. The van der Waals surface area contributed by atoms with Gasteiger partial charge in [-0.1, -0.05) is 18.2 Å². The molecule has 98 valence electrons. The molecule has 0 bridgehead atoms. The summed E-state index contributed by atoms with van der Waals surface area (Å²) in [6, 6.07) is 9.17. The Morgan fingerprint density at radius 3 is 2.89 bits per heavy atom. The molecule has 5 heteroatoms. The lowest BCUT2D eigenvalue weighted by molar-refractivity contribution is 0.0965. The summed E-state index contributed by atoms with van der Waals surface area (Å²) in [5.41, 5.74) is 2.00. The van der Waals surface area contributed by atoms with Crippen molar-refractivity contribution in [2.45, 2.75) is 12.5 Å². The number of amides is 1. The van der Waals surface area contributed by atoms with Crippen LogP contribution in [0, 0.1) is 0 Å². The number of aliphatic hydroxyl groups excluding tert-OH is 1. The van der Waals surface area contributed by atoms with E-state index in [0.717, 1.165) is 11.3 Å². The van der Waals surface area contributed by atoms with Crippen molar-refractivity contribution in [2.75, 3.05) is 11.4 Å². The van der Waals surface area contributed by atoms with Gasteiger partial charge < -0.3 is 10.0 Å². The van der Waals surface area contributed by atoms with Gasteiger partial charge in [-0.3, -0.25) is 9.48 Å². The summed E-state index contributed by atoms with van der Waals surface area (Å²) in [5, 5.41) is 14.1. The number of hydrogen-bond donors (Lipinski definition) is 1. The van der Waals surface area contributed by atoms with Gasteiger partial charge in [0.25, 0.3) is 5.91 Å². The highest BCUT2D eigenvalue weighted by Gasteiger charge is 2.28. The molecule has 1 atom stereocenters. The summed E-state index contributed by atoms with van der Waals surface area (Å²) in [5.74, 6) is -0.125. The Balaban J connectivity index is 1.98. The highest BCUT2D eigenvalue weighted by atomic mass is 16.3. The van der Waals surface area contributed by atoms with Crippen molar-refractivity contribution in [1.82, 2.24) is 9.78 Å². The van der Waals surface area contributed by atoms with E-state index in [-0.39, 0.29) is 5.91 Å². The number of anilines is 1. The van der Waals surface area contributed by atoms with E-state index in [4.69, 9.17) is 0 Å². The van der Waals surface area contributed by atoms with Crippen molar-refractivity contribution >= 4 is 11.6 Å². The third-order valence-electron chi connectivity index (χ3n) is 3.39. The van der Waals surface area contributed by atoms with Crippen LogP contribution in [0.1, 0.15) is 28.6 Å². The molecular formula is C14H15N3O2. The topological polar surface area (TPSA) is 58.4 Å². The highest BCUT2D eigenvalue weighted by molar-refractivity contribution is 6.05. The van der Waals surface area contributed by atoms with E-state index < -0.39 is 6.10 Å². The number of carbonyl (C=O) groups excluding carboxylic acids is 1. The molecule has 1 aliphatic heterocycles. The van der Waals surface area contributed by atoms with Crippen molar-refractivity contribution in [2.24, 2.45) is 7.05 Å². The van der Waals surface area contributed by atoms with Crippen LogP contribution in [0.4, 0.5) is 5.69 Å². The molecule has 0 radical (unpaired) electrons. The number of benzene rings is 1. The van der Waals surface area contributed by atoms with Crippen LogP contribution in [-0.2, 0) is 7.05 Å². The summed E-state index contributed by atoms with van der Waals surface area (Å²) in [7, 11) is 1.78. The molecule has 5 nitrogen and oxygen atoms in total. The summed E-state index contributed by atoms with van der Waals surface area (Å²) in [6.07, 6.45) is 1.80. The third-order valence-corrected chi connectivity index (χ3v) is 3.39. The van der Waals surface area contributed by atoms with Crippen LogP contribution in [0.25, 0.3) is 0 Å². The van der Waals surface area contributed by atoms with Crippen LogP contribution >= 0.6 is 0 Å². The van der Waals surface area contributed by atoms with E-state index in [9.17, 15) is 9.90 Å². The zero-order chi connectivity index (χ0) is 13.4. The number of nitrogens with zero attached hydrogens (tertiary/aromatic N) is 3. The first-order chi connectivity index (χ1) is 9.16. The maximum Gasteiger partial charge on any atom is 0.278 e. The molecule has 0 spiro atoms. The van der Waals surface area contributed by atoms with Crippen molar-refractivity contribution < 1.29 is 9.90 Å².